The van der Waals surface area contributed by atoms with Gasteiger partial charge in [-0.1, -0.05) is 27.7 Å². The quantitative estimate of drug-likeness (QED) is 0.211. The molecule has 2 saturated heterocycles. The number of carbonyl (C=O) groups is 3. The monoisotopic (exact) mass is 718 g/mol. The number of Topliss-reactive ketones (excluding diaryl/α,β-unsaturated/α-hetero) is 1. The number of likely N-dealkylation sites (N-methyl/N-ethyl adjacent to an activating group) is 1. The second-order valence-corrected chi connectivity index (χ2v) is 14.9. The van der Waals surface area contributed by atoms with E-state index in [2.05, 4.69) is 5.32 Å². The van der Waals surface area contributed by atoms with Gasteiger partial charge in [-0.05, 0) is 67.5 Å². The number of esters is 1. The molecule has 0 aromatic heterocycles. The number of ether oxygens (including phenoxy) is 7. The number of hydrogen-bond acceptors (Lipinski definition) is 13. The number of nitrogens with zero attached hydrogens (tertiary/aromatic N) is 1. The lowest BCUT2D eigenvalue weighted by molar-refractivity contribution is -0.301. The van der Waals surface area contributed by atoms with Crippen molar-refractivity contribution in [3.63, 3.8) is 0 Å². The maximum atomic E-state index is 14.1. The van der Waals surface area contributed by atoms with E-state index in [1.165, 1.54) is 21.1 Å². The van der Waals surface area contributed by atoms with Gasteiger partial charge in [-0.15, -0.1) is 0 Å². The van der Waals surface area contributed by atoms with Gasteiger partial charge in [-0.25, -0.2) is 4.79 Å². The Morgan fingerprint density at radius 1 is 1.04 bits per heavy atom. The molecule has 0 bridgehead atoms. The molecule has 14 atom stereocenters. The molecule has 0 unspecified atom stereocenters. The van der Waals surface area contributed by atoms with Crippen LogP contribution in [0.25, 0.3) is 0 Å². The maximum absolute atomic E-state index is 14.1. The molecule has 2 fully saturated rings. The van der Waals surface area contributed by atoms with Crippen LogP contribution >= 0.6 is 0 Å². The molecule has 0 spiro atoms. The van der Waals surface area contributed by atoms with Crippen molar-refractivity contribution in [1.29, 1.82) is 0 Å². The zero-order valence-corrected chi connectivity index (χ0v) is 32.6. The Labute approximate surface area is 299 Å². The first-order chi connectivity index (χ1) is 23.3. The van der Waals surface area contributed by atoms with Crippen LogP contribution < -0.4 is 5.32 Å². The molecule has 2 aliphatic heterocycles. The van der Waals surface area contributed by atoms with Crippen LogP contribution in [0, 0.1) is 23.7 Å². The molecule has 2 rings (SSSR count). The number of alkyl carbamates (subject to hydrolysis) is 1. The molecule has 1 amide bonds. The molecule has 2 aliphatic rings. The van der Waals surface area contributed by atoms with Crippen molar-refractivity contribution in [3.8, 4) is 0 Å². The second kappa shape index (κ2) is 19.2. The molecular formula is C36H66N2O12. The van der Waals surface area contributed by atoms with Crippen molar-refractivity contribution >= 4 is 17.8 Å². The summed E-state index contributed by atoms with van der Waals surface area (Å²) >= 11 is 0. The zero-order valence-electron chi connectivity index (χ0n) is 32.6. The number of aliphatic hydroxyl groups is 2. The summed E-state index contributed by atoms with van der Waals surface area (Å²) in [6.45, 7) is 14.5. The number of ketones is 1. The number of nitrogens with one attached hydrogen (secondary N) is 1. The van der Waals surface area contributed by atoms with Crippen molar-refractivity contribution in [3.05, 3.63) is 0 Å². The molecule has 14 nitrogen and oxygen atoms in total. The summed E-state index contributed by atoms with van der Waals surface area (Å²) in [4.78, 5) is 43.3. The minimum atomic E-state index is -1.75. The number of cyclic esters (lactones) is 1. The predicted octanol–water partition coefficient (Wildman–Crippen LogP) is 2.94. The molecular weight excluding hydrogens is 652 g/mol. The minimum Gasteiger partial charge on any atom is -0.459 e. The first-order valence-electron chi connectivity index (χ1n) is 17.9. The fraction of sp³-hybridized carbons (Fsp3) is 0.917. The van der Waals surface area contributed by atoms with E-state index in [-0.39, 0.29) is 37.3 Å². The van der Waals surface area contributed by atoms with Crippen LogP contribution in [0.5, 0.6) is 0 Å². The average molecular weight is 719 g/mol. The number of amides is 1. The third kappa shape index (κ3) is 10.6. The van der Waals surface area contributed by atoms with E-state index >= 15 is 0 Å². The lowest BCUT2D eigenvalue weighted by atomic mass is 9.73. The molecule has 292 valence electrons. The van der Waals surface area contributed by atoms with E-state index in [4.69, 9.17) is 33.2 Å². The van der Waals surface area contributed by atoms with Gasteiger partial charge in [0.1, 0.15) is 29.7 Å². The van der Waals surface area contributed by atoms with Gasteiger partial charge in [0.2, 0.25) is 0 Å². The van der Waals surface area contributed by atoms with Gasteiger partial charge in [0.05, 0.1) is 29.8 Å². The summed E-state index contributed by atoms with van der Waals surface area (Å²) in [6, 6.07) is -0.281. The number of rotatable bonds is 11. The van der Waals surface area contributed by atoms with Crippen molar-refractivity contribution in [2.45, 2.75) is 141 Å². The van der Waals surface area contributed by atoms with Gasteiger partial charge >= 0.3 is 12.1 Å². The van der Waals surface area contributed by atoms with Crippen molar-refractivity contribution in [2.24, 2.45) is 23.7 Å². The van der Waals surface area contributed by atoms with Crippen LogP contribution in [0.1, 0.15) is 81.1 Å². The van der Waals surface area contributed by atoms with Gasteiger partial charge in [-0.3, -0.25) is 9.59 Å². The lowest BCUT2D eigenvalue weighted by Gasteiger charge is -2.48. The van der Waals surface area contributed by atoms with Gasteiger partial charge in [0, 0.05) is 58.3 Å². The normalized spacial score (nSPS) is 41.0. The predicted molar refractivity (Wildman–Crippen MR) is 185 cm³/mol. The number of carbonyl (C=O) groups excluding carboxylic acids is 3. The van der Waals surface area contributed by atoms with Gasteiger partial charge < -0.3 is 53.6 Å². The SMILES string of the molecule is CC[C@H]1OC(=O)[C@H](C)[C@@H](OC(=O)NCCCOC)[C@H](C)[C@@H](O[C@@H]2O[C@H](C)C[C@H](N(C)C)[C@H]2O)[C@](C)(OC)C[C@@H](C)C(=O)[C@@H](C)[C@@H](OC)[C@]1(C)O. The molecule has 0 aromatic rings. The highest BCUT2D eigenvalue weighted by Gasteiger charge is 2.53. The average Bonchev–Trinajstić information content (AvgIpc) is 3.06. The van der Waals surface area contributed by atoms with Gasteiger partial charge in [-0.2, -0.15) is 0 Å². The van der Waals surface area contributed by atoms with E-state index in [0.717, 1.165) is 0 Å². The molecule has 0 saturated carbocycles. The van der Waals surface area contributed by atoms with Gasteiger partial charge in [0.25, 0.3) is 0 Å². The molecule has 3 N–H and O–H groups in total. The highest BCUT2D eigenvalue weighted by Crippen LogP contribution is 2.40. The summed E-state index contributed by atoms with van der Waals surface area (Å²) in [5.74, 6) is -4.19. The van der Waals surface area contributed by atoms with Crippen LogP contribution in [0.4, 0.5) is 4.79 Å². The summed E-state index contributed by atoms with van der Waals surface area (Å²) < 4.78 is 41.9. The summed E-state index contributed by atoms with van der Waals surface area (Å²) in [7, 11) is 8.22. The first-order valence-corrected chi connectivity index (χ1v) is 17.9. The summed E-state index contributed by atoms with van der Waals surface area (Å²) in [5, 5.41) is 26.0. The van der Waals surface area contributed by atoms with E-state index in [9.17, 15) is 24.6 Å². The molecule has 14 heteroatoms. The Balaban J connectivity index is 2.76. The topological polar surface area (TPSA) is 172 Å². The zero-order chi connectivity index (χ0) is 38.1. The first kappa shape index (κ1) is 44.3. The smallest absolute Gasteiger partial charge is 0.407 e. The molecule has 2 heterocycles. The number of hydrogen-bond donors (Lipinski definition) is 3. The van der Waals surface area contributed by atoms with Crippen molar-refractivity contribution < 1.29 is 57.8 Å². The minimum absolute atomic E-state index is 0.141. The Hall–Kier alpha value is -1.91. The molecule has 0 aromatic carbocycles. The van der Waals surface area contributed by atoms with E-state index in [1.807, 2.05) is 25.9 Å². The number of aliphatic hydroxyl groups excluding tert-OH is 1. The third-order valence-electron chi connectivity index (χ3n) is 10.7. The lowest BCUT2D eigenvalue weighted by Crippen LogP contribution is -2.61. The molecule has 0 radical (unpaired) electrons. The Morgan fingerprint density at radius 3 is 2.22 bits per heavy atom. The van der Waals surface area contributed by atoms with Crippen LogP contribution in [0.2, 0.25) is 0 Å². The maximum Gasteiger partial charge on any atom is 0.407 e. The second-order valence-electron chi connectivity index (χ2n) is 14.9. The molecule has 50 heavy (non-hydrogen) atoms. The fourth-order valence-electron chi connectivity index (χ4n) is 7.78. The van der Waals surface area contributed by atoms with E-state index in [0.29, 0.717) is 19.4 Å². The summed E-state index contributed by atoms with van der Waals surface area (Å²) in [5.41, 5.74) is -2.99. The Morgan fingerprint density at radius 2 is 1.68 bits per heavy atom. The number of methoxy groups -OCH3 is 3. The summed E-state index contributed by atoms with van der Waals surface area (Å²) in [6.07, 6.45) is -5.93. The van der Waals surface area contributed by atoms with Crippen LogP contribution in [0.3, 0.4) is 0 Å². The standard InChI is InChI=1S/C36H66N2O12/c1-14-26-36(8,43)31(45-12)22(4)27(39)20(2)19-35(7,46-13)30(50-33-28(40)25(38(9)10)18-21(3)47-33)23(5)29(24(6)32(41)48-26)49-34(42)37-16-15-17-44-11/h20-26,28-31,33,40,43H,14-19H2,1-13H3,(H,37,42)/t20-,21-,22-,23+,24-,25+,26-,28-,29+,30-,31-,33+,35-,36-/m1/s1. The van der Waals surface area contributed by atoms with Gasteiger partial charge in [0.15, 0.2) is 6.29 Å². The Bertz CT molecular complexity index is 1090. The third-order valence-corrected chi connectivity index (χ3v) is 10.7. The van der Waals surface area contributed by atoms with Crippen LogP contribution in [-0.4, -0.2) is 142 Å². The highest BCUT2D eigenvalue weighted by atomic mass is 16.7. The van der Waals surface area contributed by atoms with Crippen molar-refractivity contribution in [1.82, 2.24) is 10.2 Å². The largest absolute Gasteiger partial charge is 0.459 e. The Kier molecular flexibility index (Phi) is 17.0. The fourth-order valence-corrected chi connectivity index (χ4v) is 7.78. The van der Waals surface area contributed by atoms with Crippen LogP contribution in [0.15, 0.2) is 0 Å². The van der Waals surface area contributed by atoms with E-state index < -0.39 is 83.7 Å². The van der Waals surface area contributed by atoms with Crippen molar-refractivity contribution in [2.75, 3.05) is 48.6 Å². The molecule has 0 aliphatic carbocycles. The highest BCUT2D eigenvalue weighted by molar-refractivity contribution is 5.83. The van der Waals surface area contributed by atoms with E-state index in [1.54, 1.807) is 48.7 Å². The van der Waals surface area contributed by atoms with Crippen LogP contribution in [-0.2, 0) is 42.7 Å².